The lowest BCUT2D eigenvalue weighted by Crippen LogP contribution is -2.89. The molecule has 0 radical (unpaired) electrons. The maximum Gasteiger partial charge on any atom is 0.337 e. The van der Waals surface area contributed by atoms with E-state index in [2.05, 4.69) is 26.1 Å². The van der Waals surface area contributed by atoms with E-state index in [1.807, 2.05) is 12.1 Å². The van der Waals surface area contributed by atoms with Crippen molar-refractivity contribution in [2.24, 2.45) is 17.3 Å². The number of benzene rings is 1. The standard InChI is InChI=1S/C25H37NO4/c1-17(2)7-5-10-24(3)20-14-25(11-6-12-26-15-25)16-29-22(20)19-13-18(23(27)28-4)8-9-21(19)30-24/h8-9,13,17,20,22,26H,5-7,10-12,14-16H2,1-4H3/p+1/t20-,22+,24-,25+/m1/s1. The second-order valence-electron chi connectivity index (χ2n) is 10.4. The number of quaternary nitrogens is 1. The fraction of sp³-hybridized carbons (Fsp3) is 0.720. The molecular formula is C25H38NO4+. The van der Waals surface area contributed by atoms with Gasteiger partial charge >= 0.3 is 5.97 Å². The third-order valence-electron chi connectivity index (χ3n) is 7.60. The molecule has 4 atom stereocenters. The molecule has 1 aromatic carbocycles. The van der Waals surface area contributed by atoms with Gasteiger partial charge in [0.2, 0.25) is 0 Å². The summed E-state index contributed by atoms with van der Waals surface area (Å²) in [4.78, 5) is 12.1. The molecule has 3 aliphatic heterocycles. The maximum atomic E-state index is 12.1. The molecule has 1 spiro atoms. The molecule has 166 valence electrons. The highest BCUT2D eigenvalue weighted by molar-refractivity contribution is 5.89. The summed E-state index contributed by atoms with van der Waals surface area (Å²) in [7, 11) is 1.42. The van der Waals surface area contributed by atoms with E-state index in [0.29, 0.717) is 17.4 Å². The van der Waals surface area contributed by atoms with Gasteiger partial charge < -0.3 is 19.5 Å². The summed E-state index contributed by atoms with van der Waals surface area (Å²) in [6.07, 6.45) is 7.02. The Morgan fingerprint density at radius 3 is 2.90 bits per heavy atom. The zero-order valence-corrected chi connectivity index (χ0v) is 19.0. The van der Waals surface area contributed by atoms with Crippen molar-refractivity contribution in [3.8, 4) is 5.75 Å². The van der Waals surface area contributed by atoms with Crippen molar-refractivity contribution in [2.45, 2.75) is 71.0 Å². The average molecular weight is 417 g/mol. The van der Waals surface area contributed by atoms with Crippen molar-refractivity contribution in [1.82, 2.24) is 0 Å². The summed E-state index contributed by atoms with van der Waals surface area (Å²) >= 11 is 0. The van der Waals surface area contributed by atoms with Gasteiger partial charge in [0.05, 0.1) is 38.5 Å². The van der Waals surface area contributed by atoms with Crippen molar-refractivity contribution in [1.29, 1.82) is 0 Å². The first-order valence-electron chi connectivity index (χ1n) is 11.7. The number of piperidine rings is 1. The predicted molar refractivity (Wildman–Crippen MR) is 116 cm³/mol. The molecule has 0 aromatic heterocycles. The largest absolute Gasteiger partial charge is 0.487 e. The topological polar surface area (TPSA) is 61.4 Å². The third-order valence-corrected chi connectivity index (χ3v) is 7.60. The Kier molecular flexibility index (Phi) is 6.13. The van der Waals surface area contributed by atoms with Crippen LogP contribution in [-0.2, 0) is 9.47 Å². The number of ether oxygens (including phenoxy) is 3. The quantitative estimate of drug-likeness (QED) is 0.740. The summed E-state index contributed by atoms with van der Waals surface area (Å²) in [6, 6.07) is 5.66. The van der Waals surface area contributed by atoms with Crippen LogP contribution in [0.4, 0.5) is 0 Å². The highest BCUT2D eigenvalue weighted by atomic mass is 16.5. The molecule has 2 saturated heterocycles. The van der Waals surface area contributed by atoms with E-state index in [-0.39, 0.29) is 23.1 Å². The number of esters is 1. The van der Waals surface area contributed by atoms with Gasteiger partial charge in [-0.3, -0.25) is 0 Å². The summed E-state index contributed by atoms with van der Waals surface area (Å²) in [5, 5.41) is 2.45. The van der Waals surface area contributed by atoms with E-state index >= 15 is 0 Å². The van der Waals surface area contributed by atoms with Crippen LogP contribution in [0.2, 0.25) is 0 Å². The lowest BCUT2D eigenvalue weighted by molar-refractivity contribution is -0.678. The van der Waals surface area contributed by atoms with E-state index in [0.717, 1.165) is 43.7 Å². The summed E-state index contributed by atoms with van der Waals surface area (Å²) in [6.45, 7) is 10.0. The number of methoxy groups -OCH3 is 1. The Morgan fingerprint density at radius 1 is 1.37 bits per heavy atom. The van der Waals surface area contributed by atoms with Crippen LogP contribution in [0.15, 0.2) is 18.2 Å². The van der Waals surface area contributed by atoms with Gasteiger partial charge in [0, 0.05) is 16.9 Å². The van der Waals surface area contributed by atoms with Crippen LogP contribution < -0.4 is 10.1 Å². The Bertz CT molecular complexity index is 770. The highest BCUT2D eigenvalue weighted by Gasteiger charge is 2.54. The van der Waals surface area contributed by atoms with Gasteiger partial charge in [-0.1, -0.05) is 20.3 Å². The Balaban J connectivity index is 1.66. The second kappa shape index (κ2) is 8.51. The van der Waals surface area contributed by atoms with Gasteiger partial charge in [0.1, 0.15) is 11.4 Å². The predicted octanol–water partition coefficient (Wildman–Crippen LogP) is 3.87. The average Bonchev–Trinajstić information content (AvgIpc) is 2.73. The Morgan fingerprint density at radius 2 is 2.20 bits per heavy atom. The molecule has 4 rings (SSSR count). The molecule has 1 aromatic rings. The van der Waals surface area contributed by atoms with Gasteiger partial charge in [-0.2, -0.15) is 0 Å². The monoisotopic (exact) mass is 416 g/mol. The van der Waals surface area contributed by atoms with Gasteiger partial charge in [0.15, 0.2) is 0 Å². The van der Waals surface area contributed by atoms with Crippen molar-refractivity contribution in [2.75, 3.05) is 26.8 Å². The number of carbonyl (C=O) groups excluding carboxylic acids is 1. The van der Waals surface area contributed by atoms with Crippen LogP contribution in [0.3, 0.4) is 0 Å². The molecule has 5 nitrogen and oxygen atoms in total. The van der Waals surface area contributed by atoms with Crippen molar-refractivity contribution in [3.05, 3.63) is 29.3 Å². The SMILES string of the molecule is COC(=O)c1ccc2c(c1)[C@@H]1OC[C@@]3(CCC[NH2+]C3)C[C@H]1[C@@](C)(CCCC(C)C)O2. The molecule has 2 N–H and O–H groups in total. The van der Waals surface area contributed by atoms with E-state index in [1.54, 1.807) is 6.07 Å². The third kappa shape index (κ3) is 4.11. The number of nitrogens with two attached hydrogens (primary N) is 1. The van der Waals surface area contributed by atoms with Crippen LogP contribution >= 0.6 is 0 Å². The summed E-state index contributed by atoms with van der Waals surface area (Å²) < 4.78 is 18.3. The molecule has 3 aliphatic rings. The smallest absolute Gasteiger partial charge is 0.337 e. The Hall–Kier alpha value is -1.59. The fourth-order valence-corrected chi connectivity index (χ4v) is 5.84. The van der Waals surface area contributed by atoms with E-state index in [9.17, 15) is 4.79 Å². The van der Waals surface area contributed by atoms with Gasteiger partial charge in [-0.15, -0.1) is 0 Å². The van der Waals surface area contributed by atoms with E-state index < -0.39 is 0 Å². The summed E-state index contributed by atoms with van der Waals surface area (Å²) in [5.41, 5.74) is 1.58. The number of hydrogen-bond donors (Lipinski definition) is 1. The minimum Gasteiger partial charge on any atom is -0.487 e. The second-order valence-corrected chi connectivity index (χ2v) is 10.4. The highest BCUT2D eigenvalue weighted by Crippen LogP contribution is 2.55. The molecule has 0 amide bonds. The fourth-order valence-electron chi connectivity index (χ4n) is 5.84. The van der Waals surface area contributed by atoms with Crippen molar-refractivity contribution in [3.63, 3.8) is 0 Å². The van der Waals surface area contributed by atoms with E-state index in [4.69, 9.17) is 14.2 Å². The zero-order valence-electron chi connectivity index (χ0n) is 19.0. The first-order valence-corrected chi connectivity index (χ1v) is 11.7. The van der Waals surface area contributed by atoms with Crippen LogP contribution in [0.5, 0.6) is 5.75 Å². The first-order chi connectivity index (χ1) is 14.4. The Labute approximate surface area is 180 Å². The van der Waals surface area contributed by atoms with Crippen molar-refractivity contribution >= 4 is 5.97 Å². The van der Waals surface area contributed by atoms with Crippen molar-refractivity contribution < 1.29 is 24.3 Å². The number of rotatable bonds is 5. The molecule has 0 unspecified atom stereocenters. The lowest BCUT2D eigenvalue weighted by atomic mass is 9.64. The van der Waals surface area contributed by atoms with Gasteiger partial charge in [-0.05, 0) is 63.1 Å². The zero-order chi connectivity index (χ0) is 21.4. The minimum absolute atomic E-state index is 0.0186. The molecule has 5 heteroatoms. The molecule has 0 aliphatic carbocycles. The van der Waals surface area contributed by atoms with Gasteiger partial charge in [0.25, 0.3) is 0 Å². The molecule has 0 saturated carbocycles. The normalized spacial score (nSPS) is 33.0. The number of fused-ring (bicyclic) bond motifs is 3. The lowest BCUT2D eigenvalue weighted by Gasteiger charge is -2.54. The molecule has 30 heavy (non-hydrogen) atoms. The minimum atomic E-state index is -0.311. The number of hydrogen-bond acceptors (Lipinski definition) is 4. The van der Waals surface area contributed by atoms with Crippen LogP contribution in [0.25, 0.3) is 0 Å². The molecule has 2 fully saturated rings. The maximum absolute atomic E-state index is 12.1. The van der Waals surface area contributed by atoms with E-state index in [1.165, 1.54) is 32.9 Å². The van der Waals surface area contributed by atoms with Crippen LogP contribution in [0, 0.1) is 17.3 Å². The first kappa shape index (κ1) is 21.6. The number of carbonyl (C=O) groups is 1. The molecule has 3 heterocycles. The summed E-state index contributed by atoms with van der Waals surface area (Å²) in [5.74, 6) is 1.55. The van der Waals surface area contributed by atoms with Gasteiger partial charge in [-0.25, -0.2) is 4.79 Å². The molecular weight excluding hydrogens is 378 g/mol. The van der Waals surface area contributed by atoms with Crippen LogP contribution in [0.1, 0.15) is 81.3 Å². The van der Waals surface area contributed by atoms with Crippen LogP contribution in [-0.4, -0.2) is 38.4 Å². The molecule has 0 bridgehead atoms.